The highest BCUT2D eigenvalue weighted by molar-refractivity contribution is 4.59. The summed E-state index contributed by atoms with van der Waals surface area (Å²) in [6, 6.07) is 0. The maximum atomic E-state index is 3.49. The lowest BCUT2D eigenvalue weighted by Crippen LogP contribution is -2.34. The molecule has 0 amide bonds. The van der Waals surface area contributed by atoms with Crippen molar-refractivity contribution in [2.45, 2.75) is 40.5 Å². The zero-order valence-electron chi connectivity index (χ0n) is 10.5. The minimum Gasteiger partial charge on any atom is -0.315 e. The number of hydrogen-bond donors (Lipinski definition) is 1. The van der Waals surface area contributed by atoms with E-state index in [1.165, 1.54) is 32.5 Å². The zero-order chi connectivity index (χ0) is 10.8. The summed E-state index contributed by atoms with van der Waals surface area (Å²) in [5.74, 6) is 0.765. The fourth-order valence-electron chi connectivity index (χ4n) is 1.60. The van der Waals surface area contributed by atoms with Gasteiger partial charge in [0.05, 0.1) is 0 Å². The summed E-state index contributed by atoms with van der Waals surface area (Å²) >= 11 is 0. The Hall–Kier alpha value is -0.0800. The summed E-state index contributed by atoms with van der Waals surface area (Å²) in [7, 11) is 0. The summed E-state index contributed by atoms with van der Waals surface area (Å²) in [5.41, 5.74) is 0. The Morgan fingerprint density at radius 1 is 1.00 bits per heavy atom. The van der Waals surface area contributed by atoms with Gasteiger partial charge in [-0.25, -0.2) is 0 Å². The van der Waals surface area contributed by atoms with Crippen LogP contribution in [0.25, 0.3) is 0 Å². The highest BCUT2D eigenvalue weighted by Crippen LogP contribution is 1.93. The second-order valence-corrected chi connectivity index (χ2v) is 4.44. The molecule has 0 saturated carbocycles. The van der Waals surface area contributed by atoms with Crippen LogP contribution in [0.1, 0.15) is 40.5 Å². The van der Waals surface area contributed by atoms with Crippen molar-refractivity contribution in [1.29, 1.82) is 0 Å². The van der Waals surface area contributed by atoms with Crippen molar-refractivity contribution in [2.75, 3.05) is 32.7 Å². The molecule has 0 aromatic rings. The molecule has 0 spiro atoms. The maximum absolute atomic E-state index is 3.49. The molecule has 0 aliphatic heterocycles. The van der Waals surface area contributed by atoms with Crippen molar-refractivity contribution in [3.05, 3.63) is 0 Å². The van der Waals surface area contributed by atoms with Crippen LogP contribution < -0.4 is 5.32 Å². The van der Waals surface area contributed by atoms with E-state index in [1.54, 1.807) is 0 Å². The lowest BCUT2D eigenvalue weighted by Gasteiger charge is -2.21. The van der Waals surface area contributed by atoms with Crippen LogP contribution in [-0.2, 0) is 0 Å². The number of nitrogens with zero attached hydrogens (tertiary/aromatic N) is 1. The number of hydrogen-bond acceptors (Lipinski definition) is 2. The van der Waals surface area contributed by atoms with Crippen LogP contribution in [0, 0.1) is 5.92 Å². The lowest BCUT2D eigenvalue weighted by atomic mass is 10.2. The van der Waals surface area contributed by atoms with E-state index < -0.39 is 0 Å². The molecule has 0 aromatic carbocycles. The predicted octanol–water partition coefficient (Wildman–Crippen LogP) is 2.35. The predicted molar refractivity (Wildman–Crippen MR) is 64.7 cm³/mol. The van der Waals surface area contributed by atoms with Crippen LogP contribution in [0.3, 0.4) is 0 Å². The summed E-state index contributed by atoms with van der Waals surface area (Å²) < 4.78 is 0. The third-order valence-corrected chi connectivity index (χ3v) is 2.24. The van der Waals surface area contributed by atoms with Gasteiger partial charge in [-0.05, 0) is 38.4 Å². The first-order valence-corrected chi connectivity index (χ1v) is 6.13. The van der Waals surface area contributed by atoms with Crippen molar-refractivity contribution in [1.82, 2.24) is 10.2 Å². The average molecular weight is 200 g/mol. The van der Waals surface area contributed by atoms with Crippen molar-refractivity contribution >= 4 is 0 Å². The molecule has 0 heterocycles. The van der Waals surface area contributed by atoms with Gasteiger partial charge in [0, 0.05) is 13.1 Å². The van der Waals surface area contributed by atoms with Crippen LogP contribution in [0.2, 0.25) is 0 Å². The first kappa shape index (κ1) is 13.9. The third kappa shape index (κ3) is 8.52. The maximum Gasteiger partial charge on any atom is 0.0107 e. The minimum absolute atomic E-state index is 0.765. The molecule has 86 valence electrons. The van der Waals surface area contributed by atoms with E-state index in [4.69, 9.17) is 0 Å². The first-order valence-electron chi connectivity index (χ1n) is 6.13. The Morgan fingerprint density at radius 2 is 1.57 bits per heavy atom. The van der Waals surface area contributed by atoms with Crippen molar-refractivity contribution < 1.29 is 0 Å². The SMILES string of the molecule is CCCN(CCC)CCNCC(C)C. The molecule has 2 heteroatoms. The molecular weight excluding hydrogens is 172 g/mol. The molecule has 0 saturated heterocycles. The van der Waals surface area contributed by atoms with E-state index in [2.05, 4.69) is 37.9 Å². The van der Waals surface area contributed by atoms with Gasteiger partial charge in [-0.15, -0.1) is 0 Å². The Labute approximate surface area is 90.1 Å². The molecule has 0 rings (SSSR count). The van der Waals surface area contributed by atoms with Gasteiger partial charge in [0.15, 0.2) is 0 Å². The summed E-state index contributed by atoms with van der Waals surface area (Å²) in [4.78, 5) is 2.55. The van der Waals surface area contributed by atoms with Gasteiger partial charge in [0.1, 0.15) is 0 Å². The topological polar surface area (TPSA) is 15.3 Å². The van der Waals surface area contributed by atoms with Crippen LogP contribution >= 0.6 is 0 Å². The standard InChI is InChI=1S/C12H28N2/c1-5-8-14(9-6-2)10-7-13-11-12(3)4/h12-13H,5-11H2,1-4H3. The van der Waals surface area contributed by atoms with Gasteiger partial charge in [-0.1, -0.05) is 27.7 Å². The molecule has 0 aliphatic carbocycles. The molecule has 0 aliphatic rings. The van der Waals surface area contributed by atoms with E-state index in [0.717, 1.165) is 19.0 Å². The second-order valence-electron chi connectivity index (χ2n) is 4.44. The van der Waals surface area contributed by atoms with Gasteiger partial charge < -0.3 is 10.2 Å². The van der Waals surface area contributed by atoms with Gasteiger partial charge >= 0.3 is 0 Å². The van der Waals surface area contributed by atoms with E-state index in [1.807, 2.05) is 0 Å². The monoisotopic (exact) mass is 200 g/mol. The second kappa shape index (κ2) is 9.47. The van der Waals surface area contributed by atoms with Gasteiger partial charge in [0.25, 0.3) is 0 Å². The molecule has 2 nitrogen and oxygen atoms in total. The summed E-state index contributed by atoms with van der Waals surface area (Å²) in [6.45, 7) is 15.0. The molecule has 0 bridgehead atoms. The van der Waals surface area contributed by atoms with E-state index >= 15 is 0 Å². The summed E-state index contributed by atoms with van der Waals surface area (Å²) in [6.07, 6.45) is 2.54. The van der Waals surface area contributed by atoms with E-state index in [9.17, 15) is 0 Å². The Morgan fingerprint density at radius 3 is 2.00 bits per heavy atom. The normalized spacial score (nSPS) is 11.6. The third-order valence-electron chi connectivity index (χ3n) is 2.24. The van der Waals surface area contributed by atoms with Crippen molar-refractivity contribution in [2.24, 2.45) is 5.92 Å². The van der Waals surface area contributed by atoms with Gasteiger partial charge in [-0.2, -0.15) is 0 Å². The molecule has 0 atom stereocenters. The molecule has 0 fully saturated rings. The van der Waals surface area contributed by atoms with Crippen LogP contribution in [0.4, 0.5) is 0 Å². The van der Waals surface area contributed by atoms with Crippen LogP contribution in [-0.4, -0.2) is 37.6 Å². The van der Waals surface area contributed by atoms with Crippen LogP contribution in [0.5, 0.6) is 0 Å². The molecule has 1 N–H and O–H groups in total. The highest BCUT2D eigenvalue weighted by Gasteiger charge is 2.01. The van der Waals surface area contributed by atoms with Crippen molar-refractivity contribution in [3.8, 4) is 0 Å². The molecule has 0 aromatic heterocycles. The van der Waals surface area contributed by atoms with Crippen LogP contribution in [0.15, 0.2) is 0 Å². The van der Waals surface area contributed by atoms with E-state index in [0.29, 0.717) is 0 Å². The number of nitrogens with one attached hydrogen (secondary N) is 1. The highest BCUT2D eigenvalue weighted by atomic mass is 15.1. The Kier molecular flexibility index (Phi) is 9.42. The first-order chi connectivity index (χ1) is 6.70. The largest absolute Gasteiger partial charge is 0.315 e. The minimum atomic E-state index is 0.765. The summed E-state index contributed by atoms with van der Waals surface area (Å²) in [5, 5.41) is 3.49. The van der Waals surface area contributed by atoms with E-state index in [-0.39, 0.29) is 0 Å². The molecule has 0 radical (unpaired) electrons. The average Bonchev–Trinajstić information content (AvgIpc) is 2.12. The smallest absolute Gasteiger partial charge is 0.0107 e. The fraction of sp³-hybridized carbons (Fsp3) is 1.00. The number of rotatable bonds is 9. The zero-order valence-corrected chi connectivity index (χ0v) is 10.5. The fourth-order valence-corrected chi connectivity index (χ4v) is 1.60. The Bertz CT molecular complexity index is 107. The molecule has 0 unspecified atom stereocenters. The van der Waals surface area contributed by atoms with Gasteiger partial charge in [-0.3, -0.25) is 0 Å². The molecule has 14 heavy (non-hydrogen) atoms. The molecular formula is C12H28N2. The Balaban J connectivity index is 3.40. The van der Waals surface area contributed by atoms with Crippen molar-refractivity contribution in [3.63, 3.8) is 0 Å². The quantitative estimate of drug-likeness (QED) is 0.575. The lowest BCUT2D eigenvalue weighted by molar-refractivity contribution is 0.272. The van der Waals surface area contributed by atoms with Gasteiger partial charge in [0.2, 0.25) is 0 Å².